The van der Waals surface area contributed by atoms with Gasteiger partial charge in [-0.1, -0.05) is 16.8 Å². The maximum Gasteiger partial charge on any atom is 0.411 e. The van der Waals surface area contributed by atoms with Gasteiger partial charge in [0.1, 0.15) is 6.61 Å². The van der Waals surface area contributed by atoms with E-state index in [1.54, 1.807) is 18.2 Å². The SMILES string of the molecule is Nc1cc(Cl)cc(-c2nc(CCOCC(F)(F)F)no2)c1. The predicted molar refractivity (Wildman–Crippen MR) is 69.7 cm³/mol. The van der Waals surface area contributed by atoms with E-state index in [0.29, 0.717) is 16.3 Å². The number of hydrogen-bond acceptors (Lipinski definition) is 5. The number of benzene rings is 1. The van der Waals surface area contributed by atoms with E-state index in [1.165, 1.54) is 0 Å². The highest BCUT2D eigenvalue weighted by atomic mass is 35.5. The number of nitrogen functional groups attached to an aromatic ring is 1. The van der Waals surface area contributed by atoms with Gasteiger partial charge in [0.2, 0.25) is 0 Å². The summed E-state index contributed by atoms with van der Waals surface area (Å²) in [5.74, 6) is 0.431. The van der Waals surface area contributed by atoms with Crippen LogP contribution in [0.2, 0.25) is 5.02 Å². The van der Waals surface area contributed by atoms with Crippen LogP contribution in [-0.4, -0.2) is 29.5 Å². The molecule has 0 aliphatic carbocycles. The number of nitrogens with two attached hydrogens (primary N) is 1. The minimum atomic E-state index is -4.35. The van der Waals surface area contributed by atoms with Crippen LogP contribution >= 0.6 is 11.6 Å². The van der Waals surface area contributed by atoms with Gasteiger partial charge in [0.25, 0.3) is 5.89 Å². The summed E-state index contributed by atoms with van der Waals surface area (Å²) in [5, 5.41) is 4.07. The molecule has 0 unspecified atom stereocenters. The van der Waals surface area contributed by atoms with Crippen molar-refractivity contribution in [2.24, 2.45) is 0 Å². The van der Waals surface area contributed by atoms with Crippen LogP contribution in [-0.2, 0) is 11.2 Å². The quantitative estimate of drug-likeness (QED) is 0.676. The molecule has 1 aromatic carbocycles. The van der Waals surface area contributed by atoms with E-state index in [9.17, 15) is 13.2 Å². The van der Waals surface area contributed by atoms with E-state index >= 15 is 0 Å². The van der Waals surface area contributed by atoms with E-state index in [-0.39, 0.29) is 24.7 Å². The molecule has 0 amide bonds. The third kappa shape index (κ3) is 4.91. The molecule has 5 nitrogen and oxygen atoms in total. The van der Waals surface area contributed by atoms with Crippen LogP contribution < -0.4 is 5.73 Å². The highest BCUT2D eigenvalue weighted by Crippen LogP contribution is 2.24. The molecule has 0 aliphatic rings. The molecule has 1 aromatic heterocycles. The second-order valence-corrected chi connectivity index (χ2v) is 4.64. The Balaban J connectivity index is 1.95. The summed E-state index contributed by atoms with van der Waals surface area (Å²) in [6.45, 7) is -1.46. The van der Waals surface area contributed by atoms with Crippen molar-refractivity contribution in [1.29, 1.82) is 0 Å². The summed E-state index contributed by atoms with van der Waals surface area (Å²) in [4.78, 5) is 4.04. The maximum absolute atomic E-state index is 11.9. The Morgan fingerprint density at radius 2 is 2.05 bits per heavy atom. The lowest BCUT2D eigenvalue weighted by Gasteiger charge is -2.05. The van der Waals surface area contributed by atoms with E-state index < -0.39 is 12.8 Å². The number of aromatic nitrogens is 2. The van der Waals surface area contributed by atoms with Crippen LogP contribution in [0.25, 0.3) is 11.5 Å². The van der Waals surface area contributed by atoms with Gasteiger partial charge in [-0.25, -0.2) is 0 Å². The van der Waals surface area contributed by atoms with Gasteiger partial charge in [0.05, 0.1) is 6.61 Å². The predicted octanol–water partition coefficient (Wildman–Crippen LogP) is 3.09. The maximum atomic E-state index is 11.9. The number of alkyl halides is 3. The molecule has 0 saturated carbocycles. The highest BCUT2D eigenvalue weighted by molar-refractivity contribution is 6.31. The molecule has 0 fully saturated rings. The summed E-state index contributed by atoms with van der Waals surface area (Å²) in [6, 6.07) is 4.76. The third-order valence-corrected chi connectivity index (χ3v) is 2.59. The van der Waals surface area contributed by atoms with Gasteiger partial charge in [-0.3, -0.25) is 0 Å². The number of rotatable bonds is 5. The second-order valence-electron chi connectivity index (χ2n) is 4.21. The van der Waals surface area contributed by atoms with Gasteiger partial charge in [0, 0.05) is 22.7 Å². The molecule has 2 aromatic rings. The zero-order valence-corrected chi connectivity index (χ0v) is 11.4. The number of hydrogen-bond donors (Lipinski definition) is 1. The number of nitrogens with zero attached hydrogens (tertiary/aromatic N) is 2. The van der Waals surface area contributed by atoms with E-state index in [1.807, 2.05) is 0 Å². The Morgan fingerprint density at radius 3 is 2.71 bits per heavy atom. The fraction of sp³-hybridized carbons (Fsp3) is 0.333. The van der Waals surface area contributed by atoms with Gasteiger partial charge in [0.15, 0.2) is 5.82 Å². The monoisotopic (exact) mass is 321 g/mol. The van der Waals surface area contributed by atoms with Gasteiger partial charge >= 0.3 is 6.18 Å². The first-order valence-corrected chi connectivity index (χ1v) is 6.25. The van der Waals surface area contributed by atoms with Crippen molar-refractivity contribution in [3.8, 4) is 11.5 Å². The molecule has 2 N–H and O–H groups in total. The Hall–Kier alpha value is -1.80. The van der Waals surface area contributed by atoms with Crippen molar-refractivity contribution < 1.29 is 22.4 Å². The fourth-order valence-corrected chi connectivity index (χ4v) is 1.80. The van der Waals surface area contributed by atoms with Crippen LogP contribution in [0.1, 0.15) is 5.82 Å². The molecular weight excluding hydrogens is 311 g/mol. The number of ether oxygens (including phenoxy) is 1. The molecule has 0 atom stereocenters. The molecule has 114 valence electrons. The number of anilines is 1. The Bertz CT molecular complexity index is 596. The van der Waals surface area contributed by atoms with Gasteiger partial charge in [-0.2, -0.15) is 18.2 Å². The summed E-state index contributed by atoms with van der Waals surface area (Å²) in [5.41, 5.74) is 6.61. The molecule has 0 radical (unpaired) electrons. The molecule has 0 bridgehead atoms. The van der Waals surface area contributed by atoms with Crippen LogP contribution in [0.5, 0.6) is 0 Å². The van der Waals surface area contributed by atoms with Crippen molar-refractivity contribution >= 4 is 17.3 Å². The lowest BCUT2D eigenvalue weighted by atomic mass is 10.2. The van der Waals surface area contributed by atoms with Crippen molar-refractivity contribution in [3.63, 3.8) is 0 Å². The second kappa shape index (κ2) is 6.31. The van der Waals surface area contributed by atoms with Gasteiger partial charge < -0.3 is 15.0 Å². The van der Waals surface area contributed by atoms with Crippen LogP contribution in [0.15, 0.2) is 22.7 Å². The minimum Gasteiger partial charge on any atom is -0.399 e. The van der Waals surface area contributed by atoms with Crippen LogP contribution in [0, 0.1) is 0 Å². The molecule has 1 heterocycles. The topological polar surface area (TPSA) is 74.2 Å². The van der Waals surface area contributed by atoms with Crippen molar-refractivity contribution in [3.05, 3.63) is 29.0 Å². The standard InChI is InChI=1S/C12H11ClF3N3O2/c13-8-3-7(4-9(17)5-8)11-18-10(19-21-11)1-2-20-6-12(14,15)16/h3-5H,1-2,6,17H2. The largest absolute Gasteiger partial charge is 0.411 e. The normalized spacial score (nSPS) is 11.8. The molecule has 0 saturated heterocycles. The highest BCUT2D eigenvalue weighted by Gasteiger charge is 2.27. The molecule has 21 heavy (non-hydrogen) atoms. The van der Waals surface area contributed by atoms with Crippen molar-refractivity contribution in [1.82, 2.24) is 10.1 Å². The minimum absolute atomic E-state index is 0.107. The Kier molecular flexibility index (Phi) is 4.69. The third-order valence-electron chi connectivity index (χ3n) is 2.37. The molecule has 0 spiro atoms. The molecule has 2 rings (SSSR count). The Labute approximate surface area is 122 Å². The zero-order valence-electron chi connectivity index (χ0n) is 10.7. The summed E-state index contributed by atoms with van der Waals surface area (Å²) >= 11 is 5.86. The van der Waals surface area contributed by atoms with Crippen LogP contribution in [0.3, 0.4) is 0 Å². The number of halogens is 4. The Morgan fingerprint density at radius 1 is 1.29 bits per heavy atom. The van der Waals surface area contributed by atoms with Gasteiger partial charge in [-0.05, 0) is 18.2 Å². The van der Waals surface area contributed by atoms with E-state index in [2.05, 4.69) is 14.9 Å². The average Bonchev–Trinajstić information content (AvgIpc) is 2.81. The van der Waals surface area contributed by atoms with Gasteiger partial charge in [-0.15, -0.1) is 0 Å². The summed E-state index contributed by atoms with van der Waals surface area (Å²) in [6.07, 6.45) is -4.24. The lowest BCUT2D eigenvalue weighted by Crippen LogP contribution is -2.18. The van der Waals surface area contributed by atoms with Crippen molar-refractivity contribution in [2.75, 3.05) is 18.9 Å². The summed E-state index contributed by atoms with van der Waals surface area (Å²) in [7, 11) is 0. The lowest BCUT2D eigenvalue weighted by molar-refractivity contribution is -0.173. The summed E-state index contributed by atoms with van der Waals surface area (Å²) < 4.78 is 45.1. The van der Waals surface area contributed by atoms with Crippen LogP contribution in [0.4, 0.5) is 18.9 Å². The van der Waals surface area contributed by atoms with E-state index in [0.717, 1.165) is 0 Å². The average molecular weight is 322 g/mol. The smallest absolute Gasteiger partial charge is 0.399 e. The zero-order chi connectivity index (χ0) is 15.5. The first kappa shape index (κ1) is 15.6. The first-order valence-electron chi connectivity index (χ1n) is 5.87. The molecular formula is C12H11ClF3N3O2. The molecule has 0 aliphatic heterocycles. The van der Waals surface area contributed by atoms with Crippen molar-refractivity contribution in [2.45, 2.75) is 12.6 Å². The molecule has 9 heteroatoms. The fourth-order valence-electron chi connectivity index (χ4n) is 1.56. The van der Waals surface area contributed by atoms with E-state index in [4.69, 9.17) is 21.9 Å². The first-order chi connectivity index (χ1) is 9.83.